The molecule has 4 aromatic rings. The zero-order valence-corrected chi connectivity index (χ0v) is 18.0. The Labute approximate surface area is 186 Å². The zero-order chi connectivity index (χ0) is 22.3. The number of aromatic nitrogens is 2. The van der Waals surface area contributed by atoms with Crippen LogP contribution in [0.2, 0.25) is 0 Å². The van der Waals surface area contributed by atoms with Crippen LogP contribution in [-0.4, -0.2) is 29.2 Å². The van der Waals surface area contributed by atoms with Gasteiger partial charge in [-0.1, -0.05) is 30.3 Å². The summed E-state index contributed by atoms with van der Waals surface area (Å²) in [6, 6.07) is 22.1. The van der Waals surface area contributed by atoms with Gasteiger partial charge in [0.2, 0.25) is 0 Å². The molecule has 1 aromatic heterocycles. The molecule has 0 N–H and O–H groups in total. The predicted molar refractivity (Wildman–Crippen MR) is 122 cm³/mol. The van der Waals surface area contributed by atoms with Gasteiger partial charge >= 0.3 is 5.97 Å². The number of unbranched alkanes of at least 4 members (excludes halogenated alkanes) is 2. The van der Waals surface area contributed by atoms with Crippen LogP contribution < -0.4 is 4.74 Å². The molecule has 0 bridgehead atoms. The van der Waals surface area contributed by atoms with Crippen LogP contribution in [0.5, 0.6) is 5.75 Å². The van der Waals surface area contributed by atoms with E-state index in [2.05, 4.69) is 4.74 Å². The minimum Gasteiger partial charge on any atom is -0.494 e. The molecule has 3 aromatic carbocycles. The monoisotopic (exact) mass is 432 g/mol. The Kier molecular flexibility index (Phi) is 6.80. The van der Waals surface area contributed by atoms with Gasteiger partial charge < -0.3 is 9.47 Å². The Morgan fingerprint density at radius 3 is 2.59 bits per heavy atom. The number of methoxy groups -OCH3 is 1. The number of ether oxygens (including phenoxy) is 2. The molecule has 0 saturated carbocycles. The van der Waals surface area contributed by atoms with E-state index in [0.717, 1.165) is 41.7 Å². The second-order valence-corrected chi connectivity index (χ2v) is 7.50. The van der Waals surface area contributed by atoms with E-state index < -0.39 is 0 Å². The largest absolute Gasteiger partial charge is 0.494 e. The SMILES string of the molecule is COC(=O)CCCCCOc1ccc2nc(-c3cccc(F)c3)n(-c3ccccc3)c2c1. The number of rotatable bonds is 9. The number of carbonyl (C=O) groups is 1. The van der Waals surface area contributed by atoms with Crippen LogP contribution in [0.1, 0.15) is 25.7 Å². The maximum atomic E-state index is 13.9. The van der Waals surface area contributed by atoms with Gasteiger partial charge in [0.05, 0.1) is 24.8 Å². The molecule has 0 amide bonds. The summed E-state index contributed by atoms with van der Waals surface area (Å²) in [5.41, 5.74) is 3.34. The lowest BCUT2D eigenvalue weighted by molar-refractivity contribution is -0.140. The number of hydrogen-bond donors (Lipinski definition) is 0. The second-order valence-electron chi connectivity index (χ2n) is 7.50. The third-order valence-corrected chi connectivity index (χ3v) is 5.24. The van der Waals surface area contributed by atoms with Gasteiger partial charge in [0.25, 0.3) is 0 Å². The summed E-state index contributed by atoms with van der Waals surface area (Å²) >= 11 is 0. The molecule has 0 atom stereocenters. The molecule has 0 unspecified atom stereocenters. The molecule has 0 aliphatic carbocycles. The molecular weight excluding hydrogens is 407 g/mol. The summed E-state index contributed by atoms with van der Waals surface area (Å²) in [7, 11) is 1.40. The smallest absolute Gasteiger partial charge is 0.305 e. The van der Waals surface area contributed by atoms with Crippen LogP contribution in [0.25, 0.3) is 28.1 Å². The summed E-state index contributed by atoms with van der Waals surface area (Å²) in [6.07, 6.45) is 2.96. The Morgan fingerprint density at radius 2 is 1.81 bits per heavy atom. The topological polar surface area (TPSA) is 53.4 Å². The highest BCUT2D eigenvalue weighted by Crippen LogP contribution is 2.31. The lowest BCUT2D eigenvalue weighted by Gasteiger charge is -2.11. The van der Waals surface area contributed by atoms with Crippen molar-refractivity contribution in [1.29, 1.82) is 0 Å². The number of esters is 1. The number of carbonyl (C=O) groups excluding carboxylic acids is 1. The Hall–Kier alpha value is -3.67. The van der Waals surface area contributed by atoms with Gasteiger partial charge in [0.1, 0.15) is 17.4 Å². The quantitative estimate of drug-likeness (QED) is 0.242. The highest BCUT2D eigenvalue weighted by atomic mass is 19.1. The Bertz CT molecular complexity index is 1200. The van der Waals surface area contributed by atoms with Crippen molar-refractivity contribution < 1.29 is 18.7 Å². The molecule has 6 heteroatoms. The fraction of sp³-hybridized carbons (Fsp3) is 0.231. The lowest BCUT2D eigenvalue weighted by atomic mass is 10.2. The molecule has 5 nitrogen and oxygen atoms in total. The molecule has 0 fully saturated rings. The third-order valence-electron chi connectivity index (χ3n) is 5.24. The van der Waals surface area contributed by atoms with E-state index in [9.17, 15) is 9.18 Å². The summed E-state index contributed by atoms with van der Waals surface area (Å²) in [6.45, 7) is 0.558. The van der Waals surface area contributed by atoms with Crippen LogP contribution in [0.3, 0.4) is 0 Å². The van der Waals surface area contributed by atoms with E-state index in [0.29, 0.717) is 24.4 Å². The van der Waals surface area contributed by atoms with E-state index in [1.165, 1.54) is 19.2 Å². The molecule has 0 aliphatic rings. The van der Waals surface area contributed by atoms with E-state index in [1.807, 2.05) is 59.2 Å². The van der Waals surface area contributed by atoms with Crippen molar-refractivity contribution in [3.05, 3.63) is 78.6 Å². The summed E-state index contributed by atoms with van der Waals surface area (Å²) < 4.78 is 26.5. The van der Waals surface area contributed by atoms with Gasteiger partial charge in [-0.25, -0.2) is 9.37 Å². The van der Waals surface area contributed by atoms with Gasteiger partial charge in [0, 0.05) is 23.7 Å². The molecule has 0 aliphatic heterocycles. The zero-order valence-electron chi connectivity index (χ0n) is 18.0. The van der Waals surface area contributed by atoms with Crippen LogP contribution in [-0.2, 0) is 9.53 Å². The number of nitrogens with zero attached hydrogens (tertiary/aromatic N) is 2. The Balaban J connectivity index is 1.59. The van der Waals surface area contributed by atoms with E-state index in [1.54, 1.807) is 6.07 Å². The number of halogens is 1. The van der Waals surface area contributed by atoms with Gasteiger partial charge in [-0.3, -0.25) is 9.36 Å². The molecule has 0 saturated heterocycles. The average Bonchev–Trinajstić information content (AvgIpc) is 3.20. The van der Waals surface area contributed by atoms with Crippen molar-refractivity contribution in [2.45, 2.75) is 25.7 Å². The maximum absolute atomic E-state index is 13.9. The summed E-state index contributed by atoms with van der Waals surface area (Å²) in [5, 5.41) is 0. The van der Waals surface area contributed by atoms with Crippen molar-refractivity contribution in [2.75, 3.05) is 13.7 Å². The van der Waals surface area contributed by atoms with Crippen LogP contribution in [0.4, 0.5) is 4.39 Å². The van der Waals surface area contributed by atoms with E-state index in [4.69, 9.17) is 9.72 Å². The second kappa shape index (κ2) is 10.1. The summed E-state index contributed by atoms with van der Waals surface area (Å²) in [4.78, 5) is 16.0. The van der Waals surface area contributed by atoms with E-state index in [-0.39, 0.29) is 11.8 Å². The number of imidazole rings is 1. The third kappa shape index (κ3) is 4.97. The predicted octanol–water partition coefficient (Wildman–Crippen LogP) is 5.94. The van der Waals surface area contributed by atoms with Crippen LogP contribution in [0, 0.1) is 5.82 Å². The minimum atomic E-state index is -0.301. The fourth-order valence-corrected chi connectivity index (χ4v) is 3.64. The van der Waals surface area contributed by atoms with Crippen molar-refractivity contribution in [1.82, 2.24) is 9.55 Å². The molecule has 4 rings (SSSR count). The maximum Gasteiger partial charge on any atom is 0.305 e. The molecule has 0 spiro atoms. The lowest BCUT2D eigenvalue weighted by Crippen LogP contribution is -2.01. The van der Waals surface area contributed by atoms with Crippen molar-refractivity contribution in [3.8, 4) is 22.8 Å². The van der Waals surface area contributed by atoms with Gasteiger partial charge in [-0.05, 0) is 55.7 Å². The normalized spacial score (nSPS) is 10.9. The first-order chi connectivity index (χ1) is 15.7. The highest BCUT2D eigenvalue weighted by molar-refractivity contribution is 5.84. The fourth-order valence-electron chi connectivity index (χ4n) is 3.64. The Morgan fingerprint density at radius 1 is 0.969 bits per heavy atom. The van der Waals surface area contributed by atoms with Gasteiger partial charge in [-0.15, -0.1) is 0 Å². The molecular formula is C26H25FN2O3. The first kappa shape index (κ1) is 21.6. The molecule has 164 valence electrons. The molecule has 32 heavy (non-hydrogen) atoms. The first-order valence-electron chi connectivity index (χ1n) is 10.7. The van der Waals surface area contributed by atoms with Crippen molar-refractivity contribution >= 4 is 17.0 Å². The van der Waals surface area contributed by atoms with E-state index >= 15 is 0 Å². The van der Waals surface area contributed by atoms with Crippen LogP contribution in [0.15, 0.2) is 72.8 Å². The number of hydrogen-bond acceptors (Lipinski definition) is 4. The highest BCUT2D eigenvalue weighted by Gasteiger charge is 2.15. The standard InChI is InChI=1S/C26H25FN2O3/c1-31-25(30)13-6-3-7-16-32-22-14-15-23-24(18-22)29(21-11-4-2-5-12-21)26(28-23)19-9-8-10-20(27)17-19/h2,4-5,8-12,14-15,17-18H,3,6-7,13,16H2,1H3. The number of fused-ring (bicyclic) bond motifs is 1. The summed E-state index contributed by atoms with van der Waals surface area (Å²) in [5.74, 6) is 0.934. The molecule has 1 heterocycles. The molecule has 0 radical (unpaired) electrons. The minimum absolute atomic E-state index is 0.181. The number of para-hydroxylation sites is 1. The van der Waals surface area contributed by atoms with Crippen molar-refractivity contribution in [3.63, 3.8) is 0 Å². The van der Waals surface area contributed by atoms with Crippen LogP contribution >= 0.6 is 0 Å². The first-order valence-corrected chi connectivity index (χ1v) is 10.7. The average molecular weight is 432 g/mol. The van der Waals surface area contributed by atoms with Gasteiger partial charge in [0.15, 0.2) is 0 Å². The van der Waals surface area contributed by atoms with Crippen molar-refractivity contribution in [2.24, 2.45) is 0 Å². The van der Waals surface area contributed by atoms with Gasteiger partial charge in [-0.2, -0.15) is 0 Å². The number of benzene rings is 3.